The van der Waals surface area contributed by atoms with Crippen LogP contribution in [-0.4, -0.2) is 40.9 Å². The van der Waals surface area contributed by atoms with Gasteiger partial charge in [-0.05, 0) is 37.3 Å². The number of hydrogen-bond donors (Lipinski definition) is 2. The molecule has 5 nitrogen and oxygen atoms in total. The van der Waals surface area contributed by atoms with Crippen LogP contribution < -0.4 is 5.32 Å². The molecule has 1 aromatic carbocycles. The van der Waals surface area contributed by atoms with E-state index in [-0.39, 0.29) is 5.91 Å². The van der Waals surface area contributed by atoms with E-state index in [4.69, 9.17) is 4.74 Å². The van der Waals surface area contributed by atoms with Crippen molar-refractivity contribution in [3.8, 4) is 0 Å². The molecule has 0 unspecified atom stereocenters. The molecule has 26 heavy (non-hydrogen) atoms. The van der Waals surface area contributed by atoms with E-state index in [1.54, 1.807) is 0 Å². The third kappa shape index (κ3) is 3.55. The molecule has 140 valence electrons. The lowest BCUT2D eigenvalue weighted by molar-refractivity contribution is -0.182. The van der Waals surface area contributed by atoms with Crippen LogP contribution in [0.25, 0.3) is 10.9 Å². The lowest BCUT2D eigenvalue weighted by Crippen LogP contribution is -2.50. The van der Waals surface area contributed by atoms with Gasteiger partial charge in [-0.15, -0.1) is 0 Å². The van der Waals surface area contributed by atoms with E-state index in [0.717, 1.165) is 21.9 Å². The van der Waals surface area contributed by atoms with Crippen LogP contribution >= 0.6 is 15.9 Å². The zero-order chi connectivity index (χ0) is 18.1. The summed E-state index contributed by atoms with van der Waals surface area (Å²) in [6.07, 6.45) is 7.52. The smallest absolute Gasteiger partial charge is 0.253 e. The number of carbonyl (C=O) groups is 1. The topological polar surface area (TPSA) is 63.5 Å². The summed E-state index contributed by atoms with van der Waals surface area (Å²) < 4.78 is 8.12. The van der Waals surface area contributed by atoms with Gasteiger partial charge >= 0.3 is 0 Å². The average Bonchev–Trinajstić information content (AvgIpc) is 3.25. The molecule has 0 atom stereocenters. The minimum Gasteiger partial charge on any atom is -0.385 e. The van der Waals surface area contributed by atoms with E-state index in [0.29, 0.717) is 37.7 Å². The van der Waals surface area contributed by atoms with Crippen LogP contribution in [0.2, 0.25) is 0 Å². The molecule has 2 N–H and O–H groups in total. The first-order valence-electron chi connectivity index (χ1n) is 9.41. The van der Waals surface area contributed by atoms with Crippen LogP contribution in [-0.2, 0) is 11.3 Å². The zero-order valence-electron chi connectivity index (χ0n) is 14.8. The van der Waals surface area contributed by atoms with Crippen molar-refractivity contribution in [2.75, 3.05) is 19.8 Å². The number of halogens is 1. The SMILES string of the molecule is O=C(NCC1CCCC1)c1cn(CCC2(O)COC2)c2cccc(Br)c12. The van der Waals surface area contributed by atoms with E-state index in [2.05, 4.69) is 25.8 Å². The number of hydrogen-bond acceptors (Lipinski definition) is 3. The van der Waals surface area contributed by atoms with Crippen LogP contribution in [0.15, 0.2) is 28.9 Å². The Labute approximate surface area is 161 Å². The molecule has 1 saturated heterocycles. The molecule has 2 aliphatic rings. The Morgan fingerprint density at radius 1 is 1.35 bits per heavy atom. The van der Waals surface area contributed by atoms with Crippen molar-refractivity contribution in [2.24, 2.45) is 5.92 Å². The number of rotatable bonds is 6. The monoisotopic (exact) mass is 420 g/mol. The fourth-order valence-electron chi connectivity index (χ4n) is 4.02. The van der Waals surface area contributed by atoms with Gasteiger partial charge in [0.1, 0.15) is 5.60 Å². The minimum atomic E-state index is -0.729. The summed E-state index contributed by atoms with van der Waals surface area (Å²) in [6.45, 7) is 2.20. The molecular weight excluding hydrogens is 396 g/mol. The van der Waals surface area contributed by atoms with Crippen molar-refractivity contribution >= 4 is 32.7 Å². The molecule has 1 amide bonds. The molecule has 6 heteroatoms. The van der Waals surface area contributed by atoms with Crippen LogP contribution in [0.1, 0.15) is 42.5 Å². The lowest BCUT2D eigenvalue weighted by atomic mass is 9.98. The number of benzene rings is 1. The average molecular weight is 421 g/mol. The summed E-state index contributed by atoms with van der Waals surface area (Å²) in [7, 11) is 0. The van der Waals surface area contributed by atoms with Gasteiger partial charge in [0.25, 0.3) is 5.91 Å². The van der Waals surface area contributed by atoms with Gasteiger partial charge in [-0.3, -0.25) is 4.79 Å². The molecule has 1 aliphatic heterocycles. The van der Waals surface area contributed by atoms with Gasteiger partial charge in [-0.1, -0.05) is 34.8 Å². The number of amides is 1. The quantitative estimate of drug-likeness (QED) is 0.751. The summed E-state index contributed by atoms with van der Waals surface area (Å²) in [6, 6.07) is 5.97. The molecule has 4 rings (SSSR count). The highest BCUT2D eigenvalue weighted by atomic mass is 79.9. The Kier molecular flexibility index (Phi) is 5.08. The van der Waals surface area contributed by atoms with Crippen LogP contribution in [0.4, 0.5) is 0 Å². The van der Waals surface area contributed by atoms with Crippen molar-refractivity contribution in [1.29, 1.82) is 0 Å². The Morgan fingerprint density at radius 2 is 2.12 bits per heavy atom. The van der Waals surface area contributed by atoms with Gasteiger partial charge in [-0.25, -0.2) is 0 Å². The maximum atomic E-state index is 12.8. The molecule has 1 aromatic heterocycles. The Balaban J connectivity index is 1.55. The number of aromatic nitrogens is 1. The highest BCUT2D eigenvalue weighted by Gasteiger charge is 2.35. The maximum absolute atomic E-state index is 12.8. The molecule has 2 aromatic rings. The summed E-state index contributed by atoms with van der Waals surface area (Å²) in [4.78, 5) is 12.8. The standard InChI is InChI=1S/C20H25BrN2O3/c21-16-6-3-7-17-18(16)15(19(24)22-10-14-4-1-2-5-14)11-23(17)9-8-20(25)12-26-13-20/h3,6-7,11,14,25H,1-2,4-5,8-10,12-13H2,(H,22,24). The number of carbonyl (C=O) groups excluding carboxylic acids is 1. The molecule has 2 heterocycles. The molecular formula is C20H25BrN2O3. The van der Waals surface area contributed by atoms with E-state index in [9.17, 15) is 9.90 Å². The van der Waals surface area contributed by atoms with E-state index in [1.807, 2.05) is 24.4 Å². The maximum Gasteiger partial charge on any atom is 0.253 e. The summed E-state index contributed by atoms with van der Waals surface area (Å²) >= 11 is 3.60. The van der Waals surface area contributed by atoms with Crippen molar-refractivity contribution in [3.05, 3.63) is 34.4 Å². The fraction of sp³-hybridized carbons (Fsp3) is 0.550. The van der Waals surface area contributed by atoms with Crippen molar-refractivity contribution in [1.82, 2.24) is 9.88 Å². The molecule has 1 aliphatic carbocycles. The summed E-state index contributed by atoms with van der Waals surface area (Å²) in [5.41, 5.74) is 0.976. The number of ether oxygens (including phenoxy) is 1. The number of fused-ring (bicyclic) bond motifs is 1. The third-order valence-electron chi connectivity index (χ3n) is 5.69. The normalized spacial score (nSPS) is 19.6. The van der Waals surface area contributed by atoms with Crippen molar-refractivity contribution < 1.29 is 14.6 Å². The Morgan fingerprint density at radius 3 is 2.81 bits per heavy atom. The van der Waals surface area contributed by atoms with Crippen molar-refractivity contribution in [3.63, 3.8) is 0 Å². The lowest BCUT2D eigenvalue weighted by Gasteiger charge is -2.36. The second-order valence-corrected chi connectivity index (χ2v) is 8.55. The van der Waals surface area contributed by atoms with Crippen molar-refractivity contribution in [2.45, 2.75) is 44.2 Å². The Hall–Kier alpha value is -1.37. The second kappa shape index (κ2) is 7.33. The van der Waals surface area contributed by atoms with Gasteiger partial charge in [0.2, 0.25) is 0 Å². The van der Waals surface area contributed by atoms with Gasteiger partial charge in [0.05, 0.1) is 18.8 Å². The number of nitrogens with one attached hydrogen (secondary N) is 1. The van der Waals surface area contributed by atoms with E-state index < -0.39 is 5.60 Å². The Bertz CT molecular complexity index is 807. The number of aliphatic hydroxyl groups is 1. The predicted octanol–water partition coefficient (Wildman–Crippen LogP) is 3.48. The molecule has 0 radical (unpaired) electrons. The first-order chi connectivity index (χ1) is 12.6. The van der Waals surface area contributed by atoms with Gasteiger partial charge in [-0.2, -0.15) is 0 Å². The first-order valence-corrected chi connectivity index (χ1v) is 10.2. The largest absolute Gasteiger partial charge is 0.385 e. The van der Waals surface area contributed by atoms with Crippen LogP contribution in [0.3, 0.4) is 0 Å². The molecule has 2 fully saturated rings. The zero-order valence-corrected chi connectivity index (χ0v) is 16.4. The van der Waals surface area contributed by atoms with E-state index >= 15 is 0 Å². The van der Waals surface area contributed by atoms with Gasteiger partial charge in [0.15, 0.2) is 0 Å². The van der Waals surface area contributed by atoms with Crippen LogP contribution in [0.5, 0.6) is 0 Å². The summed E-state index contributed by atoms with van der Waals surface area (Å²) in [5, 5.41) is 14.4. The molecule has 0 bridgehead atoms. The van der Waals surface area contributed by atoms with Gasteiger partial charge in [0, 0.05) is 34.7 Å². The predicted molar refractivity (Wildman–Crippen MR) is 104 cm³/mol. The van der Waals surface area contributed by atoms with Crippen LogP contribution in [0, 0.1) is 5.92 Å². The first kappa shape index (κ1) is 18.0. The number of nitrogens with zero attached hydrogens (tertiary/aromatic N) is 1. The number of aryl methyl sites for hydroxylation is 1. The minimum absolute atomic E-state index is 0.0155. The second-order valence-electron chi connectivity index (χ2n) is 7.70. The molecule has 1 saturated carbocycles. The highest BCUT2D eigenvalue weighted by molar-refractivity contribution is 9.10. The fourth-order valence-corrected chi connectivity index (χ4v) is 4.59. The highest BCUT2D eigenvalue weighted by Crippen LogP contribution is 2.31. The van der Waals surface area contributed by atoms with Gasteiger partial charge < -0.3 is 19.7 Å². The third-order valence-corrected chi connectivity index (χ3v) is 6.35. The summed E-state index contributed by atoms with van der Waals surface area (Å²) in [5.74, 6) is 0.599. The molecule has 0 spiro atoms. The van der Waals surface area contributed by atoms with E-state index in [1.165, 1.54) is 25.7 Å².